The number of carbonyl (C=O) groups is 2. The van der Waals surface area contributed by atoms with Crippen molar-refractivity contribution in [2.75, 3.05) is 6.54 Å². The Balaban J connectivity index is 2.05. The lowest BCUT2D eigenvalue weighted by atomic mass is 9.99. The molecule has 0 aromatic heterocycles. The first kappa shape index (κ1) is 18.7. The summed E-state index contributed by atoms with van der Waals surface area (Å²) in [6.07, 6.45) is 0. The van der Waals surface area contributed by atoms with E-state index in [4.69, 9.17) is 5.73 Å². The zero-order valence-corrected chi connectivity index (χ0v) is 14.6. The van der Waals surface area contributed by atoms with Crippen LogP contribution in [0.5, 0.6) is 0 Å². The molecule has 0 aliphatic carbocycles. The number of benzene rings is 2. The number of hydrogen-bond acceptors (Lipinski definition) is 3. The zero-order chi connectivity index (χ0) is 18.2. The van der Waals surface area contributed by atoms with Crippen molar-refractivity contribution in [2.45, 2.75) is 25.9 Å². The molecule has 2 aromatic rings. The Morgan fingerprint density at radius 3 is 1.84 bits per heavy atom. The van der Waals surface area contributed by atoms with Gasteiger partial charge in [-0.05, 0) is 17.0 Å². The lowest BCUT2D eigenvalue weighted by Crippen LogP contribution is -2.47. The van der Waals surface area contributed by atoms with Crippen LogP contribution in [0, 0.1) is 5.92 Å². The van der Waals surface area contributed by atoms with Crippen molar-refractivity contribution in [3.63, 3.8) is 0 Å². The van der Waals surface area contributed by atoms with Gasteiger partial charge in [-0.2, -0.15) is 0 Å². The van der Waals surface area contributed by atoms with E-state index < -0.39 is 6.04 Å². The lowest BCUT2D eigenvalue weighted by molar-refractivity contribution is -0.127. The standard InChI is InChI=1S/C20H25N3O2/c1-14(2)18(21)20(25)22-13-17(24)23-19(15-9-5-3-6-10-15)16-11-7-4-8-12-16/h3-12,14,18-19H,13,21H2,1-2H3,(H,22,25)(H,23,24)/t18-/m0/s1. The summed E-state index contributed by atoms with van der Waals surface area (Å²) in [7, 11) is 0. The fraction of sp³-hybridized carbons (Fsp3) is 0.300. The molecule has 0 bridgehead atoms. The molecule has 5 nitrogen and oxygen atoms in total. The molecular formula is C20H25N3O2. The second-order valence-electron chi connectivity index (χ2n) is 6.31. The van der Waals surface area contributed by atoms with Crippen molar-refractivity contribution >= 4 is 11.8 Å². The summed E-state index contributed by atoms with van der Waals surface area (Å²) in [6, 6.07) is 18.6. The number of carbonyl (C=O) groups excluding carboxylic acids is 2. The van der Waals surface area contributed by atoms with Crippen molar-refractivity contribution < 1.29 is 9.59 Å². The lowest BCUT2D eigenvalue weighted by Gasteiger charge is -2.21. The molecule has 0 fully saturated rings. The Morgan fingerprint density at radius 2 is 1.40 bits per heavy atom. The third kappa shape index (κ3) is 5.43. The van der Waals surface area contributed by atoms with E-state index in [9.17, 15) is 9.59 Å². The van der Waals surface area contributed by atoms with Crippen LogP contribution in [0.2, 0.25) is 0 Å². The van der Waals surface area contributed by atoms with Gasteiger partial charge in [0.05, 0.1) is 18.6 Å². The molecule has 0 aliphatic rings. The smallest absolute Gasteiger partial charge is 0.240 e. The normalized spacial score (nSPS) is 12.0. The first-order valence-corrected chi connectivity index (χ1v) is 8.41. The molecule has 25 heavy (non-hydrogen) atoms. The van der Waals surface area contributed by atoms with E-state index in [0.29, 0.717) is 0 Å². The number of hydrogen-bond donors (Lipinski definition) is 3. The predicted molar refractivity (Wildman–Crippen MR) is 98.7 cm³/mol. The molecule has 0 heterocycles. The van der Waals surface area contributed by atoms with Gasteiger partial charge in [0.25, 0.3) is 0 Å². The zero-order valence-electron chi connectivity index (χ0n) is 14.6. The summed E-state index contributed by atoms with van der Waals surface area (Å²) in [5, 5.41) is 5.57. The molecule has 132 valence electrons. The minimum absolute atomic E-state index is 0.0180. The molecule has 2 amide bonds. The van der Waals surface area contributed by atoms with Crippen LogP contribution in [0.1, 0.15) is 31.0 Å². The van der Waals surface area contributed by atoms with Gasteiger partial charge in [-0.25, -0.2) is 0 Å². The molecule has 0 spiro atoms. The van der Waals surface area contributed by atoms with Gasteiger partial charge in [-0.3, -0.25) is 9.59 Å². The van der Waals surface area contributed by atoms with Crippen LogP contribution in [0.3, 0.4) is 0 Å². The Morgan fingerprint density at radius 1 is 0.920 bits per heavy atom. The van der Waals surface area contributed by atoms with Gasteiger partial charge in [0.15, 0.2) is 0 Å². The second-order valence-corrected chi connectivity index (χ2v) is 6.31. The summed E-state index contributed by atoms with van der Waals surface area (Å²) < 4.78 is 0. The highest BCUT2D eigenvalue weighted by atomic mass is 16.2. The van der Waals surface area contributed by atoms with Crippen LogP contribution in [-0.2, 0) is 9.59 Å². The van der Waals surface area contributed by atoms with E-state index in [-0.39, 0.29) is 30.3 Å². The van der Waals surface area contributed by atoms with Gasteiger partial charge in [0.1, 0.15) is 0 Å². The van der Waals surface area contributed by atoms with Crippen LogP contribution < -0.4 is 16.4 Å². The molecule has 0 saturated heterocycles. The van der Waals surface area contributed by atoms with Crippen molar-refractivity contribution in [1.29, 1.82) is 0 Å². The Labute approximate surface area is 148 Å². The Hall–Kier alpha value is -2.66. The van der Waals surface area contributed by atoms with Crippen LogP contribution in [-0.4, -0.2) is 24.4 Å². The molecule has 2 aromatic carbocycles. The minimum Gasteiger partial charge on any atom is -0.346 e. The van der Waals surface area contributed by atoms with E-state index in [0.717, 1.165) is 11.1 Å². The number of amides is 2. The maximum absolute atomic E-state index is 12.3. The monoisotopic (exact) mass is 339 g/mol. The molecule has 0 saturated carbocycles. The van der Waals surface area contributed by atoms with Crippen LogP contribution in [0.4, 0.5) is 0 Å². The van der Waals surface area contributed by atoms with Gasteiger partial charge in [0.2, 0.25) is 11.8 Å². The van der Waals surface area contributed by atoms with E-state index in [1.165, 1.54) is 0 Å². The largest absolute Gasteiger partial charge is 0.346 e. The van der Waals surface area contributed by atoms with Gasteiger partial charge in [-0.1, -0.05) is 74.5 Å². The van der Waals surface area contributed by atoms with Crippen LogP contribution >= 0.6 is 0 Å². The van der Waals surface area contributed by atoms with Gasteiger partial charge >= 0.3 is 0 Å². The first-order valence-electron chi connectivity index (χ1n) is 8.41. The van der Waals surface area contributed by atoms with E-state index in [2.05, 4.69) is 10.6 Å². The predicted octanol–water partition coefficient (Wildman–Crippen LogP) is 1.99. The molecular weight excluding hydrogens is 314 g/mol. The molecule has 0 radical (unpaired) electrons. The fourth-order valence-electron chi connectivity index (χ4n) is 2.45. The van der Waals surface area contributed by atoms with Gasteiger partial charge in [0, 0.05) is 0 Å². The SMILES string of the molecule is CC(C)[C@H](N)C(=O)NCC(=O)NC(c1ccccc1)c1ccccc1. The summed E-state index contributed by atoms with van der Waals surface area (Å²) >= 11 is 0. The molecule has 4 N–H and O–H groups in total. The van der Waals surface area contributed by atoms with Gasteiger partial charge in [-0.15, -0.1) is 0 Å². The Bertz CT molecular complexity index is 647. The molecule has 5 heteroatoms. The highest BCUT2D eigenvalue weighted by molar-refractivity contribution is 5.87. The number of nitrogens with two attached hydrogens (primary N) is 1. The van der Waals surface area contributed by atoms with E-state index >= 15 is 0 Å². The maximum Gasteiger partial charge on any atom is 0.240 e. The fourth-order valence-corrected chi connectivity index (χ4v) is 2.45. The molecule has 0 aliphatic heterocycles. The summed E-state index contributed by atoms with van der Waals surface area (Å²) in [4.78, 5) is 24.2. The van der Waals surface area contributed by atoms with Crippen LogP contribution in [0.15, 0.2) is 60.7 Å². The minimum atomic E-state index is -0.619. The van der Waals surface area contributed by atoms with Crippen molar-refractivity contribution in [3.05, 3.63) is 71.8 Å². The molecule has 1 atom stereocenters. The summed E-state index contributed by atoms with van der Waals surface area (Å²) in [6.45, 7) is 3.63. The Kier molecular flexibility index (Phi) is 6.71. The quantitative estimate of drug-likeness (QED) is 0.721. The van der Waals surface area contributed by atoms with E-state index in [1.54, 1.807) is 0 Å². The highest BCUT2D eigenvalue weighted by Gasteiger charge is 2.20. The van der Waals surface area contributed by atoms with Crippen molar-refractivity contribution in [1.82, 2.24) is 10.6 Å². The van der Waals surface area contributed by atoms with Crippen LogP contribution in [0.25, 0.3) is 0 Å². The second kappa shape index (κ2) is 8.99. The average molecular weight is 339 g/mol. The maximum atomic E-state index is 12.3. The number of rotatable bonds is 7. The highest BCUT2D eigenvalue weighted by Crippen LogP contribution is 2.21. The van der Waals surface area contributed by atoms with E-state index in [1.807, 2.05) is 74.5 Å². The van der Waals surface area contributed by atoms with Crippen molar-refractivity contribution in [2.24, 2.45) is 11.7 Å². The third-order valence-electron chi connectivity index (χ3n) is 4.02. The number of nitrogens with one attached hydrogen (secondary N) is 2. The first-order chi connectivity index (χ1) is 12.0. The van der Waals surface area contributed by atoms with Crippen molar-refractivity contribution in [3.8, 4) is 0 Å². The third-order valence-corrected chi connectivity index (χ3v) is 4.02. The topological polar surface area (TPSA) is 84.2 Å². The molecule has 2 rings (SSSR count). The summed E-state index contributed by atoms with van der Waals surface area (Å²) in [5.41, 5.74) is 7.74. The molecule has 0 unspecified atom stereocenters. The summed E-state index contributed by atoms with van der Waals surface area (Å²) in [5.74, 6) is -0.562. The van der Waals surface area contributed by atoms with Gasteiger partial charge < -0.3 is 16.4 Å². The average Bonchev–Trinajstić information content (AvgIpc) is 2.64.